The molecule has 0 fully saturated rings. The topological polar surface area (TPSA) is 63.4 Å². The van der Waals surface area contributed by atoms with E-state index in [2.05, 4.69) is 0 Å². The van der Waals surface area contributed by atoms with Crippen molar-refractivity contribution in [3.05, 3.63) is 38.5 Å². The number of nitrogens with zero attached hydrogens (tertiary/aromatic N) is 1. The molecule has 0 saturated heterocycles. The van der Waals surface area contributed by atoms with Crippen molar-refractivity contribution < 1.29 is 8.42 Å². The van der Waals surface area contributed by atoms with Crippen molar-refractivity contribution in [3.63, 3.8) is 0 Å². The second kappa shape index (κ2) is 5.35. The van der Waals surface area contributed by atoms with Gasteiger partial charge in [0.1, 0.15) is 9.23 Å². The maximum atomic E-state index is 12.8. The van der Waals surface area contributed by atoms with Crippen LogP contribution in [-0.4, -0.2) is 15.0 Å². The minimum absolute atomic E-state index is 0.0504. The van der Waals surface area contributed by atoms with E-state index < -0.39 is 10.0 Å². The van der Waals surface area contributed by atoms with E-state index in [0.29, 0.717) is 22.3 Å². The highest BCUT2D eigenvalue weighted by atomic mass is 35.5. The molecule has 3 rings (SSSR count). The Morgan fingerprint density at radius 3 is 2.71 bits per heavy atom. The van der Waals surface area contributed by atoms with Gasteiger partial charge in [0.15, 0.2) is 0 Å². The molecule has 2 heterocycles. The quantitative estimate of drug-likeness (QED) is 0.826. The number of halogens is 2. The fraction of sp³-hybridized carbons (Fsp3) is 0.231. The molecule has 0 amide bonds. The number of sulfonamides is 1. The van der Waals surface area contributed by atoms with Crippen molar-refractivity contribution in [2.75, 3.05) is 16.6 Å². The summed E-state index contributed by atoms with van der Waals surface area (Å²) < 4.78 is 27.6. The molecule has 1 aromatic heterocycles. The first-order chi connectivity index (χ1) is 9.91. The number of thiophene rings is 1. The van der Waals surface area contributed by atoms with Gasteiger partial charge < -0.3 is 5.73 Å². The minimum Gasteiger partial charge on any atom is -0.398 e. The van der Waals surface area contributed by atoms with Crippen molar-refractivity contribution in [2.24, 2.45) is 0 Å². The number of hydrogen-bond donors (Lipinski definition) is 1. The molecule has 0 atom stereocenters. The smallest absolute Gasteiger partial charge is 0.266 e. The number of fused-ring (bicyclic) bond motifs is 1. The average molecular weight is 363 g/mol. The van der Waals surface area contributed by atoms with Crippen molar-refractivity contribution in [2.45, 2.75) is 17.7 Å². The van der Waals surface area contributed by atoms with Gasteiger partial charge in [-0.25, -0.2) is 8.42 Å². The van der Waals surface area contributed by atoms with Crippen molar-refractivity contribution in [3.8, 4) is 0 Å². The molecular weight excluding hydrogens is 351 g/mol. The zero-order valence-electron chi connectivity index (χ0n) is 10.8. The van der Waals surface area contributed by atoms with Crippen LogP contribution in [0.25, 0.3) is 0 Å². The van der Waals surface area contributed by atoms with Gasteiger partial charge in [-0.3, -0.25) is 4.31 Å². The first kappa shape index (κ1) is 15.0. The number of hydrogen-bond acceptors (Lipinski definition) is 4. The van der Waals surface area contributed by atoms with Gasteiger partial charge in [0, 0.05) is 12.2 Å². The molecule has 0 bridgehead atoms. The van der Waals surface area contributed by atoms with Gasteiger partial charge >= 0.3 is 0 Å². The van der Waals surface area contributed by atoms with Crippen LogP contribution in [0.2, 0.25) is 8.67 Å². The highest BCUT2D eigenvalue weighted by Gasteiger charge is 2.32. The highest BCUT2D eigenvalue weighted by molar-refractivity contribution is 7.93. The van der Waals surface area contributed by atoms with Crippen LogP contribution in [0.15, 0.2) is 29.2 Å². The van der Waals surface area contributed by atoms with Crippen LogP contribution in [0.1, 0.15) is 12.0 Å². The molecule has 1 aliphatic rings. The van der Waals surface area contributed by atoms with Gasteiger partial charge in [-0.05, 0) is 36.6 Å². The maximum absolute atomic E-state index is 12.8. The predicted molar refractivity (Wildman–Crippen MR) is 88.0 cm³/mol. The van der Waals surface area contributed by atoms with Crippen LogP contribution < -0.4 is 10.0 Å². The van der Waals surface area contributed by atoms with E-state index in [-0.39, 0.29) is 9.23 Å². The highest BCUT2D eigenvalue weighted by Crippen LogP contribution is 2.40. The molecule has 0 spiro atoms. The van der Waals surface area contributed by atoms with Gasteiger partial charge in [0.05, 0.1) is 10.0 Å². The van der Waals surface area contributed by atoms with Crippen molar-refractivity contribution in [1.29, 1.82) is 0 Å². The summed E-state index contributed by atoms with van der Waals surface area (Å²) in [6.45, 7) is 0.405. The third-order valence-corrected chi connectivity index (χ3v) is 7.00. The standard InChI is InChI=1S/C13H12Cl2N2O2S2/c14-12-7-11(13(15)20-12)21(18,19)17-6-2-3-8-9(16)4-1-5-10(8)17/h1,4-5,7H,2-3,6,16H2. The summed E-state index contributed by atoms with van der Waals surface area (Å²) in [6.07, 6.45) is 1.49. The Balaban J connectivity index is 2.14. The molecule has 0 aliphatic carbocycles. The molecule has 2 N–H and O–H groups in total. The van der Waals surface area contributed by atoms with Gasteiger partial charge in [-0.2, -0.15) is 0 Å². The third-order valence-electron chi connectivity index (χ3n) is 3.44. The maximum Gasteiger partial charge on any atom is 0.266 e. The monoisotopic (exact) mass is 362 g/mol. The molecule has 2 aromatic rings. The third kappa shape index (κ3) is 2.50. The van der Waals surface area contributed by atoms with Gasteiger partial charge in [0.2, 0.25) is 0 Å². The molecule has 1 aromatic carbocycles. The summed E-state index contributed by atoms with van der Waals surface area (Å²) in [5, 5.41) is 0. The average Bonchev–Trinajstić information content (AvgIpc) is 2.78. The lowest BCUT2D eigenvalue weighted by molar-refractivity contribution is 0.587. The first-order valence-electron chi connectivity index (χ1n) is 6.26. The van der Waals surface area contributed by atoms with E-state index in [4.69, 9.17) is 28.9 Å². The summed E-state index contributed by atoms with van der Waals surface area (Å²) in [4.78, 5) is 0.0504. The molecule has 0 saturated carbocycles. The number of anilines is 2. The van der Waals surface area contributed by atoms with Crippen LogP contribution in [0.3, 0.4) is 0 Å². The summed E-state index contributed by atoms with van der Waals surface area (Å²) in [5.74, 6) is 0. The van der Waals surface area contributed by atoms with Gasteiger partial charge in [-0.15, -0.1) is 11.3 Å². The van der Waals surface area contributed by atoms with Crippen molar-refractivity contribution in [1.82, 2.24) is 0 Å². The lowest BCUT2D eigenvalue weighted by atomic mass is 10.0. The first-order valence-corrected chi connectivity index (χ1v) is 9.27. The zero-order valence-corrected chi connectivity index (χ0v) is 14.0. The number of rotatable bonds is 2. The molecular formula is C13H12Cl2N2O2S2. The molecule has 1 aliphatic heterocycles. The summed E-state index contributed by atoms with van der Waals surface area (Å²) in [5.41, 5.74) is 8.06. The molecule has 4 nitrogen and oxygen atoms in total. The number of nitrogen functional groups attached to an aromatic ring is 1. The van der Waals surface area contributed by atoms with Crippen LogP contribution in [0.4, 0.5) is 11.4 Å². The lowest BCUT2D eigenvalue weighted by Crippen LogP contribution is -2.35. The normalized spacial score (nSPS) is 15.0. The van der Waals surface area contributed by atoms with Crippen molar-refractivity contribution >= 4 is 55.9 Å². The van der Waals surface area contributed by atoms with E-state index in [9.17, 15) is 8.42 Å². The molecule has 112 valence electrons. The van der Waals surface area contributed by atoms with Crippen LogP contribution in [0, 0.1) is 0 Å². The molecule has 21 heavy (non-hydrogen) atoms. The fourth-order valence-electron chi connectivity index (χ4n) is 2.49. The Kier molecular flexibility index (Phi) is 3.81. The molecule has 0 unspecified atom stereocenters. The number of benzene rings is 1. The SMILES string of the molecule is Nc1cccc2c1CCCN2S(=O)(=O)c1cc(Cl)sc1Cl. The minimum atomic E-state index is -3.73. The zero-order chi connectivity index (χ0) is 15.2. The summed E-state index contributed by atoms with van der Waals surface area (Å²) >= 11 is 12.9. The Morgan fingerprint density at radius 2 is 2.05 bits per heavy atom. The summed E-state index contributed by atoms with van der Waals surface area (Å²) in [6, 6.07) is 6.70. The summed E-state index contributed by atoms with van der Waals surface area (Å²) in [7, 11) is -3.73. The van der Waals surface area contributed by atoms with E-state index in [1.807, 2.05) is 0 Å². The van der Waals surface area contributed by atoms with E-state index in [1.54, 1.807) is 18.2 Å². The Labute approximate surface area is 137 Å². The fourth-order valence-corrected chi connectivity index (χ4v) is 6.14. The van der Waals surface area contributed by atoms with Crippen LogP contribution >= 0.6 is 34.5 Å². The van der Waals surface area contributed by atoms with Gasteiger partial charge in [-0.1, -0.05) is 29.3 Å². The molecule has 0 radical (unpaired) electrons. The second-order valence-corrected chi connectivity index (χ2v) is 8.83. The lowest BCUT2D eigenvalue weighted by Gasteiger charge is -2.31. The Hall–Kier alpha value is -0.950. The van der Waals surface area contributed by atoms with E-state index >= 15 is 0 Å². The largest absolute Gasteiger partial charge is 0.398 e. The number of nitrogens with two attached hydrogens (primary N) is 1. The van der Waals surface area contributed by atoms with Crippen LogP contribution in [0.5, 0.6) is 0 Å². The van der Waals surface area contributed by atoms with E-state index in [1.165, 1.54) is 10.4 Å². The second-order valence-electron chi connectivity index (χ2n) is 4.71. The van der Waals surface area contributed by atoms with Gasteiger partial charge in [0.25, 0.3) is 10.0 Å². The Bertz CT molecular complexity index is 802. The van der Waals surface area contributed by atoms with Crippen LogP contribution in [-0.2, 0) is 16.4 Å². The Morgan fingerprint density at radius 1 is 1.29 bits per heavy atom. The molecule has 8 heteroatoms. The predicted octanol–water partition coefficient (Wildman–Crippen LogP) is 3.78. The van der Waals surface area contributed by atoms with E-state index in [0.717, 1.165) is 29.7 Å².